The van der Waals surface area contributed by atoms with Gasteiger partial charge in [0, 0.05) is 17.8 Å². The number of hydrogen-bond donors (Lipinski definition) is 1. The Kier molecular flexibility index (Phi) is 1.91. The van der Waals surface area contributed by atoms with Gasteiger partial charge in [0.1, 0.15) is 11.3 Å². The van der Waals surface area contributed by atoms with E-state index in [4.69, 9.17) is 0 Å². The van der Waals surface area contributed by atoms with E-state index in [-0.39, 0.29) is 22.4 Å². The van der Waals surface area contributed by atoms with Gasteiger partial charge in [-0.25, -0.2) is 4.79 Å². The van der Waals surface area contributed by atoms with Gasteiger partial charge in [-0.1, -0.05) is 0 Å². The molecule has 1 aromatic rings. The lowest BCUT2D eigenvalue weighted by Crippen LogP contribution is -2.62. The maximum absolute atomic E-state index is 11.8. The van der Waals surface area contributed by atoms with Crippen molar-refractivity contribution >= 4 is 5.97 Å². The van der Waals surface area contributed by atoms with Crippen molar-refractivity contribution in [3.05, 3.63) is 28.2 Å². The summed E-state index contributed by atoms with van der Waals surface area (Å²) < 4.78 is 6.16. The maximum atomic E-state index is 11.8. The molecule has 1 N–H and O–H groups in total. The Hall–Kier alpha value is -1.78. The van der Waals surface area contributed by atoms with E-state index in [2.05, 4.69) is 4.74 Å². The molecule has 5 heteroatoms. The average molecular weight is 235 g/mol. The molecule has 0 aliphatic heterocycles. The summed E-state index contributed by atoms with van der Waals surface area (Å²) in [5.74, 6) is -0.204. The lowest BCUT2D eigenvalue weighted by molar-refractivity contribution is -0.0915. The third-order valence-electron chi connectivity index (χ3n) is 3.95. The Morgan fingerprint density at radius 3 is 2.65 bits per heavy atom. The molecule has 3 aliphatic carbocycles. The van der Waals surface area contributed by atoms with Crippen LogP contribution in [0.5, 0.6) is 5.75 Å². The van der Waals surface area contributed by atoms with Gasteiger partial charge in [0.25, 0.3) is 5.56 Å². The molecule has 5 nitrogen and oxygen atoms in total. The molecule has 0 saturated heterocycles. The van der Waals surface area contributed by atoms with E-state index in [0.717, 1.165) is 31.2 Å². The first-order valence-electron chi connectivity index (χ1n) is 5.60. The van der Waals surface area contributed by atoms with Crippen LogP contribution in [-0.4, -0.2) is 22.8 Å². The molecule has 3 saturated carbocycles. The molecule has 1 aromatic heterocycles. The number of carbonyl (C=O) groups is 1. The van der Waals surface area contributed by atoms with E-state index < -0.39 is 5.97 Å². The largest absolute Gasteiger partial charge is 0.507 e. The second kappa shape index (κ2) is 3.12. The van der Waals surface area contributed by atoms with Crippen molar-refractivity contribution < 1.29 is 14.6 Å². The third kappa shape index (κ3) is 1.25. The molecular formula is C12H13NO4. The Bertz CT molecular complexity index is 543. The van der Waals surface area contributed by atoms with Crippen LogP contribution < -0.4 is 5.56 Å². The summed E-state index contributed by atoms with van der Waals surface area (Å²) in [4.78, 5) is 23.3. The van der Waals surface area contributed by atoms with Crippen molar-refractivity contribution in [3.8, 4) is 5.75 Å². The first kappa shape index (κ1) is 10.4. The number of esters is 1. The van der Waals surface area contributed by atoms with Gasteiger partial charge in [0.15, 0.2) is 0 Å². The number of aromatic hydroxyl groups is 1. The number of aromatic nitrogens is 1. The number of pyridine rings is 1. The first-order chi connectivity index (χ1) is 8.05. The fraction of sp³-hybridized carbons (Fsp3) is 0.500. The van der Waals surface area contributed by atoms with Crippen LogP contribution in [0.25, 0.3) is 0 Å². The molecule has 3 aliphatic rings. The SMILES string of the molecule is COC(=O)c1cn(C23CC(C2)C3)c(=O)cc1O. The minimum Gasteiger partial charge on any atom is -0.507 e. The lowest BCUT2D eigenvalue weighted by Gasteiger charge is -2.62. The van der Waals surface area contributed by atoms with Gasteiger partial charge in [0.2, 0.25) is 0 Å². The molecule has 0 spiro atoms. The minimum absolute atomic E-state index is 0.0526. The number of ether oxygens (including phenoxy) is 1. The van der Waals surface area contributed by atoms with Gasteiger partial charge in [0.05, 0.1) is 7.11 Å². The molecule has 17 heavy (non-hydrogen) atoms. The predicted octanol–water partition coefficient (Wildman–Crippen LogP) is 0.849. The monoisotopic (exact) mass is 235 g/mol. The van der Waals surface area contributed by atoms with E-state index >= 15 is 0 Å². The van der Waals surface area contributed by atoms with Crippen LogP contribution in [0.1, 0.15) is 29.6 Å². The Balaban J connectivity index is 2.09. The second-order valence-electron chi connectivity index (χ2n) is 4.97. The van der Waals surface area contributed by atoms with E-state index in [1.54, 1.807) is 4.57 Å². The highest BCUT2D eigenvalue weighted by Gasteiger charge is 2.58. The molecule has 1 heterocycles. The van der Waals surface area contributed by atoms with Crippen LogP contribution in [0.2, 0.25) is 0 Å². The highest BCUT2D eigenvalue weighted by atomic mass is 16.5. The van der Waals surface area contributed by atoms with Crippen LogP contribution in [0.3, 0.4) is 0 Å². The summed E-state index contributed by atoms with van der Waals surface area (Å²) in [5.41, 5.74) is -0.303. The summed E-state index contributed by atoms with van der Waals surface area (Å²) in [6.45, 7) is 0. The zero-order valence-electron chi connectivity index (χ0n) is 9.47. The summed E-state index contributed by atoms with van der Waals surface area (Å²) in [7, 11) is 1.25. The summed E-state index contributed by atoms with van der Waals surface area (Å²) in [6.07, 6.45) is 4.42. The smallest absolute Gasteiger partial charge is 0.343 e. The van der Waals surface area contributed by atoms with Crippen LogP contribution in [0.15, 0.2) is 17.1 Å². The van der Waals surface area contributed by atoms with Crippen molar-refractivity contribution in [3.63, 3.8) is 0 Å². The van der Waals surface area contributed by atoms with E-state index in [9.17, 15) is 14.7 Å². The van der Waals surface area contributed by atoms with Gasteiger partial charge in [-0.15, -0.1) is 0 Å². The first-order valence-corrected chi connectivity index (χ1v) is 5.60. The lowest BCUT2D eigenvalue weighted by atomic mass is 9.49. The van der Waals surface area contributed by atoms with E-state index in [1.165, 1.54) is 13.3 Å². The third-order valence-corrected chi connectivity index (χ3v) is 3.95. The molecule has 0 aromatic carbocycles. The number of nitrogens with zero attached hydrogens (tertiary/aromatic N) is 1. The van der Waals surface area contributed by atoms with Crippen LogP contribution in [0, 0.1) is 5.92 Å². The molecular weight excluding hydrogens is 222 g/mol. The maximum Gasteiger partial charge on any atom is 0.343 e. The Morgan fingerprint density at radius 1 is 1.53 bits per heavy atom. The number of rotatable bonds is 2. The predicted molar refractivity (Wildman–Crippen MR) is 59.0 cm³/mol. The van der Waals surface area contributed by atoms with E-state index in [0.29, 0.717) is 0 Å². The minimum atomic E-state index is -0.622. The van der Waals surface area contributed by atoms with E-state index in [1.807, 2.05) is 0 Å². The fourth-order valence-corrected chi connectivity index (χ4v) is 2.89. The normalized spacial score (nSPS) is 29.1. The van der Waals surface area contributed by atoms with Crippen LogP contribution in [-0.2, 0) is 10.3 Å². The number of carbonyl (C=O) groups excluding carboxylic acids is 1. The summed E-state index contributed by atoms with van der Waals surface area (Å²) in [5, 5.41) is 9.57. The molecule has 0 unspecified atom stereocenters. The molecule has 0 amide bonds. The van der Waals surface area contributed by atoms with Crippen molar-refractivity contribution in [1.29, 1.82) is 0 Å². The second-order valence-corrected chi connectivity index (χ2v) is 4.97. The van der Waals surface area contributed by atoms with Gasteiger partial charge in [-0.05, 0) is 25.2 Å². The van der Waals surface area contributed by atoms with Crippen molar-refractivity contribution in [1.82, 2.24) is 4.57 Å². The van der Waals surface area contributed by atoms with Crippen LogP contribution >= 0.6 is 0 Å². The van der Waals surface area contributed by atoms with Gasteiger partial charge in [-0.3, -0.25) is 4.79 Å². The number of methoxy groups -OCH3 is 1. The summed E-state index contributed by atoms with van der Waals surface area (Å²) in [6, 6.07) is 1.09. The zero-order chi connectivity index (χ0) is 12.2. The summed E-state index contributed by atoms with van der Waals surface area (Å²) >= 11 is 0. The molecule has 2 bridgehead atoms. The standard InChI is InChI=1S/C12H13NO4/c1-17-11(16)8-6-13(10(15)2-9(8)14)12-3-7(4-12)5-12/h2,6-7,14H,3-5H2,1H3. The molecule has 0 radical (unpaired) electrons. The Labute approximate surface area is 97.6 Å². The highest BCUT2D eigenvalue weighted by molar-refractivity contribution is 5.91. The number of hydrogen-bond acceptors (Lipinski definition) is 4. The average Bonchev–Trinajstić information content (AvgIpc) is 2.16. The molecule has 4 rings (SSSR count). The van der Waals surface area contributed by atoms with Gasteiger partial charge >= 0.3 is 5.97 Å². The van der Waals surface area contributed by atoms with Crippen molar-refractivity contribution in [2.75, 3.05) is 7.11 Å². The topological polar surface area (TPSA) is 68.5 Å². The molecule has 90 valence electrons. The highest BCUT2D eigenvalue weighted by Crippen LogP contribution is 2.61. The van der Waals surface area contributed by atoms with Crippen molar-refractivity contribution in [2.24, 2.45) is 5.92 Å². The quantitative estimate of drug-likeness (QED) is 0.771. The molecule has 0 atom stereocenters. The Morgan fingerprint density at radius 2 is 2.18 bits per heavy atom. The van der Waals surface area contributed by atoms with Crippen LogP contribution in [0.4, 0.5) is 0 Å². The molecule has 3 fully saturated rings. The zero-order valence-corrected chi connectivity index (χ0v) is 9.47. The fourth-order valence-electron chi connectivity index (χ4n) is 2.89. The van der Waals surface area contributed by atoms with Crippen molar-refractivity contribution in [2.45, 2.75) is 24.8 Å². The van der Waals surface area contributed by atoms with Gasteiger partial charge < -0.3 is 14.4 Å². The van der Waals surface area contributed by atoms with Gasteiger partial charge in [-0.2, -0.15) is 0 Å².